The zero-order valence-corrected chi connectivity index (χ0v) is 9.07. The lowest BCUT2D eigenvalue weighted by Crippen LogP contribution is -2.33. The molecular formula is C11H17N3O. The number of aromatic nitrogens is 2. The molecule has 1 aliphatic rings. The van der Waals surface area contributed by atoms with Crippen LogP contribution in [0, 0.1) is 5.92 Å². The van der Waals surface area contributed by atoms with Crippen LogP contribution in [0.25, 0.3) is 0 Å². The first-order valence-corrected chi connectivity index (χ1v) is 5.61. The molecule has 0 radical (unpaired) electrons. The molecule has 1 aromatic heterocycles. The minimum atomic E-state index is 0.00116. The average molecular weight is 207 g/mol. The predicted octanol–water partition coefficient (Wildman–Crippen LogP) is 1.43. The summed E-state index contributed by atoms with van der Waals surface area (Å²) in [5.74, 6) is 0.702. The zero-order valence-electron chi connectivity index (χ0n) is 9.07. The van der Waals surface area contributed by atoms with E-state index in [0.717, 1.165) is 13.1 Å². The van der Waals surface area contributed by atoms with Crippen molar-refractivity contribution in [3.05, 3.63) is 18.0 Å². The largest absolute Gasteiger partial charge is 0.350 e. The zero-order chi connectivity index (χ0) is 10.7. The summed E-state index contributed by atoms with van der Waals surface area (Å²) in [7, 11) is 0. The Morgan fingerprint density at radius 2 is 2.47 bits per heavy atom. The average Bonchev–Trinajstić information content (AvgIpc) is 2.62. The number of rotatable bonds is 4. The monoisotopic (exact) mass is 207 g/mol. The van der Waals surface area contributed by atoms with Crippen molar-refractivity contribution in [1.82, 2.24) is 15.1 Å². The highest BCUT2D eigenvalue weighted by molar-refractivity contribution is 5.92. The number of nitrogens with one attached hydrogen (secondary N) is 1. The fraction of sp³-hybridized carbons (Fsp3) is 0.636. The molecule has 15 heavy (non-hydrogen) atoms. The highest BCUT2D eigenvalue weighted by Gasteiger charge is 2.19. The normalized spacial score (nSPS) is 16.1. The van der Waals surface area contributed by atoms with Gasteiger partial charge < -0.3 is 5.32 Å². The van der Waals surface area contributed by atoms with E-state index in [1.807, 2.05) is 6.92 Å². The molecule has 0 atom stereocenters. The first-order valence-electron chi connectivity index (χ1n) is 5.61. The second-order valence-corrected chi connectivity index (χ2v) is 4.04. The van der Waals surface area contributed by atoms with Crippen molar-refractivity contribution in [2.75, 3.05) is 6.54 Å². The molecule has 0 spiro atoms. The van der Waals surface area contributed by atoms with E-state index >= 15 is 0 Å². The van der Waals surface area contributed by atoms with Crippen molar-refractivity contribution < 1.29 is 4.79 Å². The first-order chi connectivity index (χ1) is 7.31. The van der Waals surface area contributed by atoms with E-state index in [1.54, 1.807) is 16.9 Å². The number of aryl methyl sites for hydroxylation is 1. The van der Waals surface area contributed by atoms with E-state index in [2.05, 4.69) is 10.4 Å². The van der Waals surface area contributed by atoms with Crippen LogP contribution in [0.15, 0.2) is 12.3 Å². The quantitative estimate of drug-likeness (QED) is 0.812. The summed E-state index contributed by atoms with van der Waals surface area (Å²) in [4.78, 5) is 11.8. The Bertz CT molecular complexity index is 341. The highest BCUT2D eigenvalue weighted by Crippen LogP contribution is 2.25. The second kappa shape index (κ2) is 4.47. The Kier molecular flexibility index (Phi) is 3.04. The van der Waals surface area contributed by atoms with Crippen molar-refractivity contribution in [3.63, 3.8) is 0 Å². The smallest absolute Gasteiger partial charge is 0.269 e. The molecule has 0 unspecified atom stereocenters. The third kappa shape index (κ3) is 2.19. The molecule has 1 N–H and O–H groups in total. The van der Waals surface area contributed by atoms with E-state index in [1.165, 1.54) is 19.3 Å². The molecule has 1 amide bonds. The lowest BCUT2D eigenvalue weighted by molar-refractivity contribution is 0.0928. The van der Waals surface area contributed by atoms with Crippen LogP contribution in [-0.2, 0) is 6.54 Å². The van der Waals surface area contributed by atoms with Crippen molar-refractivity contribution in [2.24, 2.45) is 5.92 Å². The Labute approximate surface area is 89.7 Å². The molecule has 4 heteroatoms. The van der Waals surface area contributed by atoms with Crippen molar-refractivity contribution >= 4 is 5.91 Å². The van der Waals surface area contributed by atoms with Gasteiger partial charge in [-0.3, -0.25) is 9.48 Å². The van der Waals surface area contributed by atoms with Gasteiger partial charge in [0.15, 0.2) is 0 Å². The fourth-order valence-corrected chi connectivity index (χ4v) is 1.80. The molecule has 0 aromatic carbocycles. The third-order valence-electron chi connectivity index (χ3n) is 3.02. The summed E-state index contributed by atoms with van der Waals surface area (Å²) in [6.45, 7) is 3.53. The maximum atomic E-state index is 11.8. The van der Waals surface area contributed by atoms with Gasteiger partial charge in [-0.05, 0) is 31.7 Å². The third-order valence-corrected chi connectivity index (χ3v) is 3.02. The van der Waals surface area contributed by atoms with Crippen LogP contribution >= 0.6 is 0 Å². The van der Waals surface area contributed by atoms with Crippen LogP contribution in [-0.4, -0.2) is 22.2 Å². The van der Waals surface area contributed by atoms with Crippen LogP contribution in [0.1, 0.15) is 36.7 Å². The van der Waals surface area contributed by atoms with E-state index in [4.69, 9.17) is 0 Å². The summed E-state index contributed by atoms with van der Waals surface area (Å²) in [5.41, 5.74) is 0.664. The molecule has 1 aromatic rings. The lowest BCUT2D eigenvalue weighted by atomic mass is 9.85. The van der Waals surface area contributed by atoms with Crippen LogP contribution < -0.4 is 5.32 Å². The predicted molar refractivity (Wildman–Crippen MR) is 57.6 cm³/mol. The maximum absolute atomic E-state index is 11.8. The molecule has 4 nitrogen and oxygen atoms in total. The van der Waals surface area contributed by atoms with Crippen LogP contribution in [0.4, 0.5) is 0 Å². The number of hydrogen-bond acceptors (Lipinski definition) is 2. The first kappa shape index (κ1) is 10.2. The fourth-order valence-electron chi connectivity index (χ4n) is 1.80. The highest BCUT2D eigenvalue weighted by atomic mass is 16.2. The number of carbonyl (C=O) groups excluding carboxylic acids is 1. The Morgan fingerprint density at radius 3 is 3.07 bits per heavy atom. The van der Waals surface area contributed by atoms with Crippen molar-refractivity contribution in [1.29, 1.82) is 0 Å². The van der Waals surface area contributed by atoms with Gasteiger partial charge >= 0.3 is 0 Å². The van der Waals surface area contributed by atoms with Crippen LogP contribution in [0.3, 0.4) is 0 Å². The van der Waals surface area contributed by atoms with E-state index < -0.39 is 0 Å². The SMILES string of the molecule is CCn1nccc1C(=O)NCC1CCC1. The lowest BCUT2D eigenvalue weighted by Gasteiger charge is -2.25. The van der Waals surface area contributed by atoms with Gasteiger partial charge in [0, 0.05) is 19.3 Å². The van der Waals surface area contributed by atoms with Crippen molar-refractivity contribution in [3.8, 4) is 0 Å². The van der Waals surface area contributed by atoms with Gasteiger partial charge in [-0.25, -0.2) is 0 Å². The molecule has 0 bridgehead atoms. The van der Waals surface area contributed by atoms with Crippen molar-refractivity contribution in [2.45, 2.75) is 32.7 Å². The summed E-state index contributed by atoms with van der Waals surface area (Å²) in [6.07, 6.45) is 5.50. The van der Waals surface area contributed by atoms with Crippen LogP contribution in [0.5, 0.6) is 0 Å². The van der Waals surface area contributed by atoms with Gasteiger partial charge in [-0.2, -0.15) is 5.10 Å². The van der Waals surface area contributed by atoms with E-state index in [0.29, 0.717) is 11.6 Å². The number of nitrogens with zero attached hydrogens (tertiary/aromatic N) is 2. The van der Waals surface area contributed by atoms with Gasteiger partial charge in [-0.1, -0.05) is 6.42 Å². The molecule has 1 heterocycles. The van der Waals surface area contributed by atoms with Gasteiger partial charge in [0.1, 0.15) is 5.69 Å². The Hall–Kier alpha value is -1.32. The van der Waals surface area contributed by atoms with Crippen LogP contribution in [0.2, 0.25) is 0 Å². The summed E-state index contributed by atoms with van der Waals surface area (Å²) in [6, 6.07) is 1.76. The van der Waals surface area contributed by atoms with Gasteiger partial charge in [0.05, 0.1) is 0 Å². The van der Waals surface area contributed by atoms with Gasteiger partial charge in [-0.15, -0.1) is 0 Å². The Morgan fingerprint density at radius 1 is 1.67 bits per heavy atom. The maximum Gasteiger partial charge on any atom is 0.269 e. The molecule has 1 saturated carbocycles. The van der Waals surface area contributed by atoms with E-state index in [9.17, 15) is 4.79 Å². The van der Waals surface area contributed by atoms with Gasteiger partial charge in [0.25, 0.3) is 5.91 Å². The minimum Gasteiger partial charge on any atom is -0.350 e. The topological polar surface area (TPSA) is 46.9 Å². The summed E-state index contributed by atoms with van der Waals surface area (Å²) < 4.78 is 1.72. The standard InChI is InChI=1S/C11H17N3O/c1-2-14-10(6-7-13-14)11(15)12-8-9-4-3-5-9/h6-7,9H,2-5,8H2,1H3,(H,12,15). The molecular weight excluding hydrogens is 190 g/mol. The summed E-state index contributed by atoms with van der Waals surface area (Å²) in [5, 5.41) is 7.03. The molecule has 2 rings (SSSR count). The molecule has 0 saturated heterocycles. The molecule has 1 aliphatic carbocycles. The second-order valence-electron chi connectivity index (χ2n) is 4.04. The summed E-state index contributed by atoms with van der Waals surface area (Å²) >= 11 is 0. The number of amides is 1. The number of carbonyl (C=O) groups is 1. The van der Waals surface area contributed by atoms with E-state index in [-0.39, 0.29) is 5.91 Å². The Balaban J connectivity index is 1.89. The van der Waals surface area contributed by atoms with Gasteiger partial charge in [0.2, 0.25) is 0 Å². The minimum absolute atomic E-state index is 0.00116. The number of hydrogen-bond donors (Lipinski definition) is 1. The molecule has 0 aliphatic heterocycles. The molecule has 82 valence electrons. The molecule has 1 fully saturated rings.